The third-order valence-corrected chi connectivity index (χ3v) is 6.56. The van der Waals surface area contributed by atoms with E-state index in [0.29, 0.717) is 42.6 Å². The number of fused-ring (bicyclic) bond motifs is 1. The molecule has 7 nitrogen and oxygen atoms in total. The molecule has 1 aliphatic rings. The van der Waals surface area contributed by atoms with Crippen LogP contribution < -0.4 is 5.32 Å². The van der Waals surface area contributed by atoms with Crippen LogP contribution in [0, 0.1) is 6.92 Å². The van der Waals surface area contributed by atoms with Crippen LogP contribution in [0.25, 0.3) is 15.9 Å². The summed E-state index contributed by atoms with van der Waals surface area (Å²) in [4.78, 5) is 30.1. The zero-order valence-corrected chi connectivity index (χ0v) is 17.9. The number of carbonyl (C=O) groups excluding carboxylic acids is 2. The third-order valence-electron chi connectivity index (χ3n) is 5.14. The Morgan fingerprint density at radius 2 is 1.93 bits per heavy atom. The van der Waals surface area contributed by atoms with E-state index < -0.39 is 0 Å². The van der Waals surface area contributed by atoms with Crippen molar-refractivity contribution in [3.63, 3.8) is 0 Å². The number of nitrogens with one attached hydrogen (secondary N) is 1. The summed E-state index contributed by atoms with van der Waals surface area (Å²) in [6, 6.07) is 9.47. The summed E-state index contributed by atoms with van der Waals surface area (Å²) >= 11 is 7.79. The van der Waals surface area contributed by atoms with Gasteiger partial charge in [0.25, 0.3) is 5.91 Å². The van der Waals surface area contributed by atoms with Gasteiger partial charge >= 0.3 is 0 Å². The van der Waals surface area contributed by atoms with Crippen molar-refractivity contribution in [2.24, 2.45) is 0 Å². The van der Waals surface area contributed by atoms with E-state index in [9.17, 15) is 9.59 Å². The summed E-state index contributed by atoms with van der Waals surface area (Å²) in [6.07, 6.45) is 0. The molecule has 0 saturated carbocycles. The molecular weight excluding hydrogens is 410 g/mol. The van der Waals surface area contributed by atoms with Gasteiger partial charge < -0.3 is 10.2 Å². The average molecular weight is 432 g/mol. The number of aromatic nitrogens is 2. The molecule has 2 aromatic heterocycles. The summed E-state index contributed by atoms with van der Waals surface area (Å²) in [5.74, 6) is 0.0183. The highest BCUT2D eigenvalue weighted by Crippen LogP contribution is 2.33. The van der Waals surface area contributed by atoms with Crippen LogP contribution in [-0.2, 0) is 4.79 Å². The third kappa shape index (κ3) is 3.88. The number of hydrogen-bond acceptors (Lipinski definition) is 5. The van der Waals surface area contributed by atoms with E-state index in [2.05, 4.69) is 15.3 Å². The number of amides is 2. The highest BCUT2D eigenvalue weighted by Gasteiger charge is 2.25. The zero-order chi connectivity index (χ0) is 20.5. The van der Waals surface area contributed by atoms with Gasteiger partial charge in [-0.2, -0.15) is 5.10 Å². The van der Waals surface area contributed by atoms with E-state index in [4.69, 9.17) is 11.6 Å². The molecule has 1 aromatic carbocycles. The molecule has 0 aliphatic carbocycles. The SMILES string of the molecule is CNC(=O)CN1CCN(C(=O)c2cc3c(C)nn(-c4ccccc4Cl)c3s2)CC1. The molecule has 1 N–H and O–H groups in total. The number of benzene rings is 1. The smallest absolute Gasteiger partial charge is 0.264 e. The van der Waals surface area contributed by atoms with Gasteiger partial charge in [0, 0.05) is 38.6 Å². The molecule has 1 fully saturated rings. The predicted octanol–water partition coefficient (Wildman–Crippen LogP) is 2.55. The van der Waals surface area contributed by atoms with Crippen LogP contribution in [0.1, 0.15) is 15.4 Å². The Kier molecular flexibility index (Phi) is 5.58. The van der Waals surface area contributed by atoms with Crippen molar-refractivity contribution in [3.8, 4) is 5.69 Å². The monoisotopic (exact) mass is 431 g/mol. The van der Waals surface area contributed by atoms with Crippen LogP contribution in [0.15, 0.2) is 30.3 Å². The van der Waals surface area contributed by atoms with Gasteiger partial charge in [-0.15, -0.1) is 11.3 Å². The van der Waals surface area contributed by atoms with Gasteiger partial charge in [0.05, 0.1) is 27.8 Å². The van der Waals surface area contributed by atoms with Crippen molar-refractivity contribution >= 4 is 45.0 Å². The van der Waals surface area contributed by atoms with Gasteiger partial charge in [-0.25, -0.2) is 4.68 Å². The summed E-state index contributed by atoms with van der Waals surface area (Å²) in [6.45, 7) is 4.91. The molecule has 0 bridgehead atoms. The average Bonchev–Trinajstić information content (AvgIpc) is 3.29. The Morgan fingerprint density at radius 1 is 1.21 bits per heavy atom. The van der Waals surface area contributed by atoms with Crippen LogP contribution in [0.4, 0.5) is 0 Å². The first-order valence-corrected chi connectivity index (χ1v) is 10.6. The Bertz CT molecular complexity index is 1070. The number of hydrogen-bond donors (Lipinski definition) is 1. The van der Waals surface area contributed by atoms with Crippen molar-refractivity contribution in [3.05, 3.63) is 45.9 Å². The number of carbonyl (C=O) groups is 2. The van der Waals surface area contributed by atoms with Crippen molar-refractivity contribution < 1.29 is 9.59 Å². The highest BCUT2D eigenvalue weighted by atomic mass is 35.5. The summed E-state index contributed by atoms with van der Waals surface area (Å²) in [7, 11) is 1.63. The first kappa shape index (κ1) is 19.9. The Morgan fingerprint density at radius 3 is 2.62 bits per heavy atom. The minimum absolute atomic E-state index is 0.00566. The lowest BCUT2D eigenvalue weighted by molar-refractivity contribution is -0.122. The Balaban J connectivity index is 1.55. The molecule has 0 radical (unpaired) electrons. The number of likely N-dealkylation sites (N-methyl/N-ethyl adjacent to an activating group) is 1. The minimum atomic E-state index is -0.00566. The fourth-order valence-electron chi connectivity index (χ4n) is 3.49. The second kappa shape index (κ2) is 8.14. The molecule has 1 aliphatic heterocycles. The van der Waals surface area contributed by atoms with Crippen LogP contribution in [-0.4, -0.2) is 71.2 Å². The Hall–Kier alpha value is -2.42. The number of piperazine rings is 1. The second-order valence-electron chi connectivity index (χ2n) is 7.02. The standard InChI is InChI=1S/C20H22ClN5O2S/c1-13-14-11-17(19(28)25-9-7-24(8-10-25)12-18(27)22-2)29-20(14)26(23-13)16-6-4-3-5-15(16)21/h3-6,11H,7-10,12H2,1-2H3,(H,22,27). The maximum Gasteiger partial charge on any atom is 0.264 e. The number of aryl methyl sites for hydroxylation is 1. The summed E-state index contributed by atoms with van der Waals surface area (Å²) in [5, 5.41) is 8.83. The van der Waals surface area contributed by atoms with Crippen molar-refractivity contribution in [2.75, 3.05) is 39.8 Å². The lowest BCUT2D eigenvalue weighted by Crippen LogP contribution is -2.50. The van der Waals surface area contributed by atoms with E-state index in [1.807, 2.05) is 46.8 Å². The number of halogens is 1. The van der Waals surface area contributed by atoms with E-state index in [1.165, 1.54) is 11.3 Å². The van der Waals surface area contributed by atoms with Crippen LogP contribution in [0.5, 0.6) is 0 Å². The lowest BCUT2D eigenvalue weighted by atomic mass is 10.2. The van der Waals surface area contributed by atoms with Gasteiger partial charge in [-0.05, 0) is 25.1 Å². The van der Waals surface area contributed by atoms with Gasteiger partial charge in [0.2, 0.25) is 5.91 Å². The molecule has 0 atom stereocenters. The summed E-state index contributed by atoms with van der Waals surface area (Å²) < 4.78 is 1.82. The molecule has 29 heavy (non-hydrogen) atoms. The van der Waals surface area contributed by atoms with Gasteiger partial charge in [-0.1, -0.05) is 23.7 Å². The maximum atomic E-state index is 13.1. The van der Waals surface area contributed by atoms with Gasteiger partial charge in [-0.3, -0.25) is 14.5 Å². The minimum Gasteiger partial charge on any atom is -0.358 e. The molecule has 3 aromatic rings. The van der Waals surface area contributed by atoms with E-state index in [1.54, 1.807) is 7.05 Å². The van der Waals surface area contributed by atoms with Crippen molar-refractivity contribution in [1.82, 2.24) is 24.9 Å². The van der Waals surface area contributed by atoms with Crippen molar-refractivity contribution in [1.29, 1.82) is 0 Å². The van der Waals surface area contributed by atoms with Crippen molar-refractivity contribution in [2.45, 2.75) is 6.92 Å². The first-order chi connectivity index (χ1) is 14.0. The molecule has 2 amide bonds. The van der Waals surface area contributed by atoms with Gasteiger partial charge in [0.1, 0.15) is 4.83 Å². The molecule has 152 valence electrons. The first-order valence-electron chi connectivity index (χ1n) is 9.44. The molecule has 3 heterocycles. The normalized spacial score (nSPS) is 15.1. The molecular formula is C20H22ClN5O2S. The fraction of sp³-hybridized carbons (Fsp3) is 0.350. The largest absolute Gasteiger partial charge is 0.358 e. The number of para-hydroxylation sites is 1. The van der Waals surface area contributed by atoms with E-state index in [-0.39, 0.29) is 11.8 Å². The van der Waals surface area contributed by atoms with E-state index in [0.717, 1.165) is 21.6 Å². The van der Waals surface area contributed by atoms with E-state index >= 15 is 0 Å². The molecule has 9 heteroatoms. The fourth-order valence-corrected chi connectivity index (χ4v) is 4.85. The molecule has 0 unspecified atom stereocenters. The zero-order valence-electron chi connectivity index (χ0n) is 16.3. The molecule has 0 spiro atoms. The molecule has 4 rings (SSSR count). The Labute approximate surface area is 177 Å². The van der Waals surface area contributed by atoms with Gasteiger partial charge in [0.15, 0.2) is 0 Å². The lowest BCUT2D eigenvalue weighted by Gasteiger charge is -2.34. The van der Waals surface area contributed by atoms with Crippen LogP contribution in [0.3, 0.4) is 0 Å². The summed E-state index contributed by atoms with van der Waals surface area (Å²) in [5.41, 5.74) is 1.67. The maximum absolute atomic E-state index is 13.1. The number of thiophene rings is 1. The van der Waals surface area contributed by atoms with Crippen LogP contribution in [0.2, 0.25) is 5.02 Å². The highest BCUT2D eigenvalue weighted by molar-refractivity contribution is 7.20. The quantitative estimate of drug-likeness (QED) is 0.689. The number of nitrogens with zero attached hydrogens (tertiary/aromatic N) is 4. The number of rotatable bonds is 4. The van der Waals surface area contributed by atoms with Crippen LogP contribution >= 0.6 is 22.9 Å². The second-order valence-corrected chi connectivity index (χ2v) is 8.46. The molecule has 1 saturated heterocycles. The predicted molar refractivity (Wildman–Crippen MR) is 115 cm³/mol. The topological polar surface area (TPSA) is 70.5 Å².